The van der Waals surface area contributed by atoms with Crippen LogP contribution in [0.15, 0.2) is 48.5 Å². The second-order valence-corrected chi connectivity index (χ2v) is 6.17. The molecule has 4 nitrogen and oxygen atoms in total. The van der Waals surface area contributed by atoms with Crippen LogP contribution in [-0.4, -0.2) is 29.3 Å². The summed E-state index contributed by atoms with van der Waals surface area (Å²) in [6.07, 6.45) is 1.44. The zero-order valence-corrected chi connectivity index (χ0v) is 12.8. The van der Waals surface area contributed by atoms with E-state index in [4.69, 9.17) is 0 Å². The van der Waals surface area contributed by atoms with E-state index in [9.17, 15) is 9.59 Å². The van der Waals surface area contributed by atoms with Gasteiger partial charge in [0.25, 0.3) is 5.91 Å². The number of amides is 2. The van der Waals surface area contributed by atoms with E-state index in [1.165, 1.54) is 11.1 Å². The predicted molar refractivity (Wildman–Crippen MR) is 87.0 cm³/mol. The van der Waals surface area contributed by atoms with E-state index in [0.29, 0.717) is 25.1 Å². The van der Waals surface area contributed by atoms with Gasteiger partial charge in [0.1, 0.15) is 6.04 Å². The molecule has 4 heteroatoms. The molecule has 0 aliphatic carbocycles. The smallest absolute Gasteiger partial charge is 0.252 e. The van der Waals surface area contributed by atoms with Crippen molar-refractivity contribution in [1.29, 1.82) is 0 Å². The number of benzene rings is 2. The molecule has 2 amide bonds. The molecule has 2 aromatic carbocycles. The summed E-state index contributed by atoms with van der Waals surface area (Å²) >= 11 is 0. The fourth-order valence-corrected chi connectivity index (χ4v) is 3.48. The molecule has 0 radical (unpaired) electrons. The van der Waals surface area contributed by atoms with Crippen LogP contribution in [0.4, 0.5) is 0 Å². The Labute approximate surface area is 135 Å². The highest BCUT2D eigenvalue weighted by atomic mass is 16.2. The van der Waals surface area contributed by atoms with Gasteiger partial charge in [-0.05, 0) is 29.2 Å². The highest BCUT2D eigenvalue weighted by Crippen LogP contribution is 2.22. The summed E-state index contributed by atoms with van der Waals surface area (Å²) in [6, 6.07) is 15.3. The molecule has 2 aliphatic rings. The highest BCUT2D eigenvalue weighted by molar-refractivity contribution is 6.00. The number of nitrogens with one attached hydrogen (secondary N) is 1. The van der Waals surface area contributed by atoms with Gasteiger partial charge in [0.05, 0.1) is 0 Å². The summed E-state index contributed by atoms with van der Waals surface area (Å²) in [7, 11) is 0. The molecule has 116 valence electrons. The quantitative estimate of drug-likeness (QED) is 0.875. The maximum Gasteiger partial charge on any atom is 0.252 e. The van der Waals surface area contributed by atoms with Gasteiger partial charge in [0.15, 0.2) is 0 Å². The van der Waals surface area contributed by atoms with Crippen LogP contribution in [0.1, 0.15) is 27.0 Å². The molecule has 0 fully saturated rings. The van der Waals surface area contributed by atoms with Crippen LogP contribution < -0.4 is 5.32 Å². The number of hydrogen-bond donors (Lipinski definition) is 1. The zero-order chi connectivity index (χ0) is 15.8. The summed E-state index contributed by atoms with van der Waals surface area (Å²) in [6.45, 7) is 1.34. The minimum atomic E-state index is -0.456. The number of carbonyl (C=O) groups excluding carboxylic acids is 2. The maximum atomic E-state index is 12.8. The second-order valence-electron chi connectivity index (χ2n) is 6.17. The van der Waals surface area contributed by atoms with E-state index >= 15 is 0 Å². The monoisotopic (exact) mass is 306 g/mol. The third-order valence-electron chi connectivity index (χ3n) is 4.73. The van der Waals surface area contributed by atoms with E-state index in [0.717, 1.165) is 12.0 Å². The van der Waals surface area contributed by atoms with Crippen molar-refractivity contribution in [3.05, 3.63) is 70.8 Å². The van der Waals surface area contributed by atoms with Gasteiger partial charge < -0.3 is 10.2 Å². The molecule has 1 atom stereocenters. The molecule has 2 aliphatic heterocycles. The SMILES string of the molecule is O=C1NC(C(=O)N2CCc3ccccc3C2)Cc2ccccc21. The number of rotatable bonds is 1. The molecular weight excluding hydrogens is 288 g/mol. The van der Waals surface area contributed by atoms with Crippen LogP contribution in [0.2, 0.25) is 0 Å². The maximum absolute atomic E-state index is 12.8. The van der Waals surface area contributed by atoms with Gasteiger partial charge in [-0.3, -0.25) is 9.59 Å². The average Bonchev–Trinajstić information content (AvgIpc) is 2.60. The third kappa shape index (κ3) is 2.50. The fraction of sp³-hybridized carbons (Fsp3) is 0.263. The lowest BCUT2D eigenvalue weighted by Crippen LogP contribution is -2.53. The summed E-state index contributed by atoms with van der Waals surface area (Å²) in [5.74, 6) is -0.134. The van der Waals surface area contributed by atoms with E-state index in [1.807, 2.05) is 41.3 Å². The van der Waals surface area contributed by atoms with E-state index < -0.39 is 6.04 Å². The number of hydrogen-bond acceptors (Lipinski definition) is 2. The van der Waals surface area contributed by atoms with Gasteiger partial charge in [-0.15, -0.1) is 0 Å². The van der Waals surface area contributed by atoms with Crippen molar-refractivity contribution in [2.75, 3.05) is 6.54 Å². The Kier molecular flexibility index (Phi) is 3.37. The molecule has 4 rings (SSSR count). The van der Waals surface area contributed by atoms with Gasteiger partial charge in [0, 0.05) is 25.1 Å². The Balaban J connectivity index is 1.54. The molecule has 0 aromatic heterocycles. The second kappa shape index (κ2) is 5.54. The van der Waals surface area contributed by atoms with Crippen LogP contribution in [0.5, 0.6) is 0 Å². The molecule has 1 N–H and O–H groups in total. The number of fused-ring (bicyclic) bond motifs is 2. The highest BCUT2D eigenvalue weighted by Gasteiger charge is 2.32. The molecule has 2 aromatic rings. The van der Waals surface area contributed by atoms with Crippen molar-refractivity contribution >= 4 is 11.8 Å². The van der Waals surface area contributed by atoms with Crippen molar-refractivity contribution in [3.63, 3.8) is 0 Å². The Hall–Kier alpha value is -2.62. The number of nitrogens with zero attached hydrogens (tertiary/aromatic N) is 1. The predicted octanol–water partition coefficient (Wildman–Crippen LogP) is 1.93. The molecule has 1 unspecified atom stereocenters. The fourth-order valence-electron chi connectivity index (χ4n) is 3.48. The van der Waals surface area contributed by atoms with Crippen molar-refractivity contribution in [3.8, 4) is 0 Å². The first-order valence-corrected chi connectivity index (χ1v) is 7.97. The third-order valence-corrected chi connectivity index (χ3v) is 4.73. The first-order valence-electron chi connectivity index (χ1n) is 7.97. The van der Waals surface area contributed by atoms with Crippen LogP contribution in [0, 0.1) is 0 Å². The molecular formula is C19H18N2O2. The molecule has 23 heavy (non-hydrogen) atoms. The molecule has 0 spiro atoms. The molecule has 2 heterocycles. The molecule has 0 saturated carbocycles. The Morgan fingerprint density at radius 2 is 1.70 bits per heavy atom. The van der Waals surface area contributed by atoms with Crippen molar-refractivity contribution < 1.29 is 9.59 Å². The normalized spacial score (nSPS) is 19.6. The van der Waals surface area contributed by atoms with Gasteiger partial charge >= 0.3 is 0 Å². The summed E-state index contributed by atoms with van der Waals surface area (Å²) in [5, 5.41) is 2.86. The van der Waals surface area contributed by atoms with E-state index in [2.05, 4.69) is 17.4 Å². The molecule has 0 saturated heterocycles. The lowest BCUT2D eigenvalue weighted by atomic mass is 9.93. The van der Waals surface area contributed by atoms with Crippen molar-refractivity contribution in [1.82, 2.24) is 10.2 Å². The van der Waals surface area contributed by atoms with Crippen LogP contribution >= 0.6 is 0 Å². The van der Waals surface area contributed by atoms with Crippen LogP contribution in [0.25, 0.3) is 0 Å². The van der Waals surface area contributed by atoms with Crippen molar-refractivity contribution in [2.45, 2.75) is 25.4 Å². The van der Waals surface area contributed by atoms with E-state index in [1.54, 1.807) is 0 Å². The average molecular weight is 306 g/mol. The Bertz CT molecular complexity index is 784. The summed E-state index contributed by atoms with van der Waals surface area (Å²) in [4.78, 5) is 26.9. The first kappa shape index (κ1) is 14.0. The van der Waals surface area contributed by atoms with Gasteiger partial charge in [-0.1, -0.05) is 42.5 Å². The topological polar surface area (TPSA) is 49.4 Å². The van der Waals surface area contributed by atoms with E-state index in [-0.39, 0.29) is 11.8 Å². The minimum absolute atomic E-state index is 0.0161. The van der Waals surface area contributed by atoms with Gasteiger partial charge in [-0.2, -0.15) is 0 Å². The van der Waals surface area contributed by atoms with Gasteiger partial charge in [-0.25, -0.2) is 0 Å². The summed E-state index contributed by atoms with van der Waals surface area (Å²) in [5.41, 5.74) is 4.15. The lowest BCUT2D eigenvalue weighted by Gasteiger charge is -2.33. The summed E-state index contributed by atoms with van der Waals surface area (Å²) < 4.78 is 0. The van der Waals surface area contributed by atoms with Crippen LogP contribution in [-0.2, 0) is 24.2 Å². The first-order chi connectivity index (χ1) is 11.2. The van der Waals surface area contributed by atoms with Gasteiger partial charge in [0.2, 0.25) is 5.91 Å². The lowest BCUT2D eigenvalue weighted by molar-refractivity contribution is -0.134. The van der Waals surface area contributed by atoms with Crippen LogP contribution in [0.3, 0.4) is 0 Å². The Morgan fingerprint density at radius 1 is 1.00 bits per heavy atom. The van der Waals surface area contributed by atoms with Crippen molar-refractivity contribution in [2.24, 2.45) is 0 Å². The molecule has 0 bridgehead atoms. The minimum Gasteiger partial charge on any atom is -0.340 e. The Morgan fingerprint density at radius 3 is 2.52 bits per heavy atom. The zero-order valence-electron chi connectivity index (χ0n) is 12.8. The standard InChI is InChI=1S/C19H18N2O2/c22-18-16-8-4-3-6-14(16)11-17(20-18)19(23)21-10-9-13-5-1-2-7-15(13)12-21/h1-8,17H,9-12H2,(H,20,22). The largest absolute Gasteiger partial charge is 0.340 e. The number of carbonyl (C=O) groups is 2.